The molecule has 6 atom stereocenters. The molecule has 14 nitrogen and oxygen atoms in total. The van der Waals surface area contributed by atoms with Crippen LogP contribution in [0.4, 0.5) is 5.82 Å². The largest absolute Gasteiger partial charge is 0.462 e. The topological polar surface area (TPSA) is 179 Å². The average Bonchev–Trinajstić information content (AvgIpc) is 3.59. The summed E-state index contributed by atoms with van der Waals surface area (Å²) < 4.78 is 38.1. The molecule has 3 aromatic rings. The Balaban J connectivity index is 1.36. The van der Waals surface area contributed by atoms with Gasteiger partial charge in [-0.1, -0.05) is 18.2 Å². The second kappa shape index (κ2) is 11.9. The standard InChI is InChI=1S/C27H37N6O8P/c1-15(2)39-25(35)16(3)32-42(37,41-19-9-7-6-8-10-19)38-13-20-22(34)27(5,36)26(40-20)33-14-28-21-23(31-18-11-12-18)29-17(4)30-24(21)33/h6-10,14-16,18,20,22,26,34,36H,11-13H2,1-5H3,(H,32,37)(H,29,30,31)/t16-,20-,22-,26-,27-,42?/m1/s1. The van der Waals surface area contributed by atoms with Crippen molar-refractivity contribution < 1.29 is 38.1 Å². The Bertz CT molecular complexity index is 1460. The van der Waals surface area contributed by atoms with Crippen molar-refractivity contribution in [1.82, 2.24) is 24.6 Å². The number of rotatable bonds is 12. The minimum Gasteiger partial charge on any atom is -0.462 e. The van der Waals surface area contributed by atoms with E-state index < -0.39 is 50.4 Å². The number of hydrogen-bond acceptors (Lipinski definition) is 12. The summed E-state index contributed by atoms with van der Waals surface area (Å²) in [6, 6.07) is 7.58. The van der Waals surface area contributed by atoms with E-state index in [2.05, 4.69) is 25.4 Å². The molecule has 1 aliphatic carbocycles. The van der Waals surface area contributed by atoms with Crippen molar-refractivity contribution in [2.24, 2.45) is 0 Å². The molecule has 0 amide bonds. The van der Waals surface area contributed by atoms with Crippen LogP contribution in [0, 0.1) is 6.92 Å². The first-order valence-corrected chi connectivity index (χ1v) is 15.4. The Labute approximate surface area is 243 Å². The molecule has 0 bridgehead atoms. The highest BCUT2D eigenvalue weighted by atomic mass is 31.2. The van der Waals surface area contributed by atoms with Crippen LogP contribution in [0.5, 0.6) is 5.75 Å². The van der Waals surface area contributed by atoms with Gasteiger partial charge in [0.15, 0.2) is 23.2 Å². The number of nitrogens with zero attached hydrogens (tertiary/aromatic N) is 4. The van der Waals surface area contributed by atoms with Crippen LogP contribution in [-0.4, -0.2) is 78.3 Å². The van der Waals surface area contributed by atoms with Crippen LogP contribution in [0.1, 0.15) is 52.6 Å². The number of ether oxygens (including phenoxy) is 2. The maximum atomic E-state index is 13.9. The quantitative estimate of drug-likeness (QED) is 0.175. The molecule has 2 fully saturated rings. The van der Waals surface area contributed by atoms with Crippen molar-refractivity contribution in [2.45, 2.75) is 89.7 Å². The highest BCUT2D eigenvalue weighted by Crippen LogP contribution is 2.47. The van der Waals surface area contributed by atoms with Gasteiger partial charge in [0.2, 0.25) is 0 Å². The third-order valence-electron chi connectivity index (χ3n) is 6.89. The summed E-state index contributed by atoms with van der Waals surface area (Å²) in [6.07, 6.45) is -0.529. The molecular formula is C27H37N6O8P. The van der Waals surface area contributed by atoms with E-state index >= 15 is 0 Å². The SMILES string of the molecule is Cc1nc(NC2CC2)c2ncn([C@@H]3O[C@H](COP(=O)(N[C@H](C)C(=O)OC(C)C)Oc4ccccc4)[C@@H](O)[C@@]3(C)O)c2n1. The van der Waals surface area contributed by atoms with Gasteiger partial charge in [-0.05, 0) is 59.6 Å². The molecule has 15 heteroatoms. The molecule has 1 aliphatic heterocycles. The zero-order chi connectivity index (χ0) is 30.2. The summed E-state index contributed by atoms with van der Waals surface area (Å²) in [5.41, 5.74) is -0.883. The van der Waals surface area contributed by atoms with Crippen molar-refractivity contribution in [3.8, 4) is 5.75 Å². The lowest BCUT2D eigenvalue weighted by molar-refractivity contribution is -0.149. The number of esters is 1. The monoisotopic (exact) mass is 604 g/mol. The summed E-state index contributed by atoms with van der Waals surface area (Å²) in [5.74, 6) is 0.671. The van der Waals surface area contributed by atoms with E-state index in [9.17, 15) is 19.6 Å². The smallest absolute Gasteiger partial charge is 0.459 e. The van der Waals surface area contributed by atoms with Crippen LogP contribution in [0.2, 0.25) is 0 Å². The molecule has 42 heavy (non-hydrogen) atoms. The summed E-state index contributed by atoms with van der Waals surface area (Å²) >= 11 is 0. The Hall–Kier alpha value is -3.13. The molecule has 2 aromatic heterocycles. The van der Waals surface area contributed by atoms with Gasteiger partial charge in [-0.3, -0.25) is 13.9 Å². The van der Waals surface area contributed by atoms with Crippen molar-refractivity contribution in [1.29, 1.82) is 0 Å². The zero-order valence-corrected chi connectivity index (χ0v) is 25.0. The van der Waals surface area contributed by atoms with Gasteiger partial charge >= 0.3 is 13.7 Å². The number of para-hydroxylation sites is 1. The van der Waals surface area contributed by atoms with Gasteiger partial charge in [-0.15, -0.1) is 0 Å². The van der Waals surface area contributed by atoms with Crippen LogP contribution in [0.25, 0.3) is 11.2 Å². The first-order valence-electron chi connectivity index (χ1n) is 13.9. The second-order valence-electron chi connectivity index (χ2n) is 11.1. The first kappa shape index (κ1) is 30.3. The van der Waals surface area contributed by atoms with Crippen molar-refractivity contribution in [2.75, 3.05) is 11.9 Å². The van der Waals surface area contributed by atoms with E-state index in [1.54, 1.807) is 51.1 Å². The Morgan fingerprint density at radius 3 is 2.62 bits per heavy atom. The zero-order valence-electron chi connectivity index (χ0n) is 24.1. The number of carbonyl (C=O) groups is 1. The van der Waals surface area contributed by atoms with E-state index in [1.807, 2.05) is 0 Å². The van der Waals surface area contributed by atoms with Gasteiger partial charge in [0.25, 0.3) is 0 Å². The van der Waals surface area contributed by atoms with Crippen molar-refractivity contribution in [3.63, 3.8) is 0 Å². The van der Waals surface area contributed by atoms with Crippen LogP contribution in [-0.2, 0) is 23.4 Å². The molecule has 1 aromatic carbocycles. The average molecular weight is 605 g/mol. The van der Waals surface area contributed by atoms with Gasteiger partial charge in [0, 0.05) is 6.04 Å². The van der Waals surface area contributed by atoms with Crippen molar-refractivity contribution >= 4 is 30.7 Å². The highest BCUT2D eigenvalue weighted by molar-refractivity contribution is 7.52. The predicted octanol–water partition coefficient (Wildman–Crippen LogP) is 2.85. The van der Waals surface area contributed by atoms with E-state index in [4.69, 9.17) is 18.5 Å². The summed E-state index contributed by atoms with van der Waals surface area (Å²) in [5, 5.41) is 28.4. The van der Waals surface area contributed by atoms with E-state index in [0.717, 1.165) is 12.8 Å². The summed E-state index contributed by atoms with van der Waals surface area (Å²) in [6.45, 7) is 7.59. The number of hydrogen-bond donors (Lipinski definition) is 4. The number of fused-ring (bicyclic) bond motifs is 1. The van der Waals surface area contributed by atoms with Gasteiger partial charge in [0.05, 0.1) is 19.0 Å². The number of benzene rings is 1. The molecule has 5 rings (SSSR count). The van der Waals surface area contributed by atoms with E-state index in [1.165, 1.54) is 24.7 Å². The lowest BCUT2D eigenvalue weighted by Crippen LogP contribution is -2.44. The van der Waals surface area contributed by atoms with Gasteiger partial charge in [-0.25, -0.2) is 19.5 Å². The Morgan fingerprint density at radius 2 is 1.95 bits per heavy atom. The third kappa shape index (κ3) is 6.59. The number of anilines is 1. The Kier molecular flexibility index (Phi) is 8.57. The Morgan fingerprint density at radius 1 is 1.24 bits per heavy atom. The van der Waals surface area contributed by atoms with E-state index in [-0.39, 0.29) is 11.9 Å². The molecule has 1 saturated heterocycles. The molecule has 0 spiro atoms. The fourth-order valence-corrected chi connectivity index (χ4v) is 6.10. The highest BCUT2D eigenvalue weighted by Gasteiger charge is 2.54. The van der Waals surface area contributed by atoms with Gasteiger partial charge in [-0.2, -0.15) is 5.09 Å². The van der Waals surface area contributed by atoms with Crippen LogP contribution >= 0.6 is 7.75 Å². The number of aliphatic hydroxyl groups is 2. The lowest BCUT2D eigenvalue weighted by atomic mass is 9.96. The lowest BCUT2D eigenvalue weighted by Gasteiger charge is -2.27. The molecule has 228 valence electrons. The van der Waals surface area contributed by atoms with Crippen LogP contribution in [0.3, 0.4) is 0 Å². The molecular weight excluding hydrogens is 567 g/mol. The van der Waals surface area contributed by atoms with Gasteiger partial charge < -0.3 is 29.5 Å². The molecule has 2 aliphatic rings. The minimum absolute atomic E-state index is 0.228. The second-order valence-corrected chi connectivity index (χ2v) is 12.8. The summed E-state index contributed by atoms with van der Waals surface area (Å²) in [7, 11) is -4.23. The van der Waals surface area contributed by atoms with Crippen LogP contribution < -0.4 is 14.9 Å². The molecule has 3 heterocycles. The number of imidazole rings is 1. The maximum Gasteiger partial charge on any atom is 0.459 e. The molecule has 1 unspecified atom stereocenters. The fraction of sp³-hybridized carbons (Fsp3) is 0.556. The number of aliphatic hydroxyl groups excluding tert-OH is 1. The van der Waals surface area contributed by atoms with Crippen LogP contribution in [0.15, 0.2) is 36.7 Å². The normalized spacial score (nSPS) is 26.2. The van der Waals surface area contributed by atoms with Gasteiger partial charge in [0.1, 0.15) is 35.4 Å². The van der Waals surface area contributed by atoms with E-state index in [0.29, 0.717) is 28.8 Å². The maximum absolute atomic E-state index is 13.9. The number of nitrogens with one attached hydrogen (secondary N) is 2. The number of carbonyl (C=O) groups excluding carboxylic acids is 1. The molecule has 0 radical (unpaired) electrons. The van der Waals surface area contributed by atoms with Crippen molar-refractivity contribution in [3.05, 3.63) is 42.5 Å². The predicted molar refractivity (Wildman–Crippen MR) is 152 cm³/mol. The minimum atomic E-state index is -4.23. The molecule has 1 saturated carbocycles. The summed E-state index contributed by atoms with van der Waals surface area (Å²) in [4.78, 5) is 25.9. The molecule has 4 N–H and O–H groups in total. The first-order chi connectivity index (χ1) is 19.9. The third-order valence-corrected chi connectivity index (χ3v) is 8.54. The number of aromatic nitrogens is 4. The number of aryl methyl sites for hydroxylation is 1. The fourth-order valence-electron chi connectivity index (χ4n) is 4.60.